The van der Waals surface area contributed by atoms with Gasteiger partial charge in [0.15, 0.2) is 0 Å². The molecule has 3 N–H and O–H groups in total. The molecule has 0 saturated carbocycles. The van der Waals surface area contributed by atoms with E-state index in [0.717, 1.165) is 0 Å². The van der Waals surface area contributed by atoms with Gasteiger partial charge in [0.2, 0.25) is 0 Å². The number of aliphatic hydroxyl groups is 1. The van der Waals surface area contributed by atoms with E-state index in [-0.39, 0.29) is 0 Å². The maximum atomic E-state index is 12.6. The number of halogens is 1. The standard InChI is InChI=1S/C8H11FN2O/c9-6-2-4-11-7(5-6)8(12)1-3-10/h2,4-5,8,12H,1,3,10H2/t8-/m0/s1. The Morgan fingerprint density at radius 1 is 1.67 bits per heavy atom. The molecule has 0 saturated heterocycles. The lowest BCUT2D eigenvalue weighted by atomic mass is 10.2. The van der Waals surface area contributed by atoms with Gasteiger partial charge in [0, 0.05) is 6.20 Å². The largest absolute Gasteiger partial charge is 0.387 e. The van der Waals surface area contributed by atoms with Crippen molar-refractivity contribution in [1.82, 2.24) is 4.98 Å². The lowest BCUT2D eigenvalue weighted by molar-refractivity contribution is 0.165. The fraction of sp³-hybridized carbons (Fsp3) is 0.375. The molecule has 0 amide bonds. The van der Waals surface area contributed by atoms with E-state index in [9.17, 15) is 9.50 Å². The molecule has 1 rings (SSSR count). The van der Waals surface area contributed by atoms with Crippen LogP contribution in [0.4, 0.5) is 4.39 Å². The Labute approximate surface area is 70.0 Å². The number of pyridine rings is 1. The van der Waals surface area contributed by atoms with E-state index in [2.05, 4.69) is 4.98 Å². The molecule has 1 aromatic heterocycles. The Kier molecular flexibility index (Phi) is 3.13. The summed E-state index contributed by atoms with van der Waals surface area (Å²) in [5.74, 6) is -0.393. The molecule has 0 aliphatic heterocycles. The first kappa shape index (κ1) is 9.09. The highest BCUT2D eigenvalue weighted by atomic mass is 19.1. The van der Waals surface area contributed by atoms with Crippen molar-refractivity contribution in [3.63, 3.8) is 0 Å². The first-order valence-corrected chi connectivity index (χ1v) is 3.73. The zero-order valence-corrected chi connectivity index (χ0v) is 6.57. The first-order chi connectivity index (χ1) is 5.74. The van der Waals surface area contributed by atoms with Gasteiger partial charge in [0.25, 0.3) is 0 Å². The van der Waals surface area contributed by atoms with Crippen molar-refractivity contribution in [2.75, 3.05) is 6.54 Å². The Balaban J connectivity index is 2.73. The van der Waals surface area contributed by atoms with Crippen molar-refractivity contribution in [1.29, 1.82) is 0 Å². The van der Waals surface area contributed by atoms with Crippen LogP contribution in [0.15, 0.2) is 18.3 Å². The van der Waals surface area contributed by atoms with Crippen molar-refractivity contribution >= 4 is 0 Å². The Hall–Kier alpha value is -1.00. The quantitative estimate of drug-likeness (QED) is 0.698. The molecule has 66 valence electrons. The minimum atomic E-state index is -0.759. The molecule has 1 atom stereocenters. The van der Waals surface area contributed by atoms with Crippen LogP contribution < -0.4 is 5.73 Å². The van der Waals surface area contributed by atoms with Gasteiger partial charge in [-0.25, -0.2) is 4.39 Å². The molecule has 0 radical (unpaired) electrons. The predicted molar refractivity (Wildman–Crippen MR) is 42.8 cm³/mol. The van der Waals surface area contributed by atoms with Crippen LogP contribution in [-0.2, 0) is 0 Å². The van der Waals surface area contributed by atoms with Gasteiger partial charge in [-0.3, -0.25) is 4.98 Å². The van der Waals surface area contributed by atoms with Crippen LogP contribution in [0.2, 0.25) is 0 Å². The van der Waals surface area contributed by atoms with Gasteiger partial charge in [0.05, 0.1) is 11.8 Å². The molecule has 0 aliphatic rings. The lowest BCUT2D eigenvalue weighted by Crippen LogP contribution is -2.08. The summed E-state index contributed by atoms with van der Waals surface area (Å²) in [6.07, 6.45) is 0.964. The summed E-state index contributed by atoms with van der Waals surface area (Å²) in [6, 6.07) is 2.44. The number of hydrogen-bond acceptors (Lipinski definition) is 3. The van der Waals surface area contributed by atoms with Crippen molar-refractivity contribution < 1.29 is 9.50 Å². The van der Waals surface area contributed by atoms with Crippen LogP contribution in [-0.4, -0.2) is 16.6 Å². The summed E-state index contributed by atoms with van der Waals surface area (Å²) in [4.78, 5) is 3.81. The van der Waals surface area contributed by atoms with Gasteiger partial charge in [-0.1, -0.05) is 0 Å². The molecule has 0 spiro atoms. The second-order valence-corrected chi connectivity index (χ2v) is 2.49. The number of nitrogens with two attached hydrogens (primary N) is 1. The maximum absolute atomic E-state index is 12.6. The molecule has 0 aromatic carbocycles. The van der Waals surface area contributed by atoms with E-state index in [4.69, 9.17) is 5.73 Å². The zero-order chi connectivity index (χ0) is 8.97. The van der Waals surface area contributed by atoms with E-state index in [1.165, 1.54) is 18.3 Å². The molecule has 0 fully saturated rings. The summed E-state index contributed by atoms with van der Waals surface area (Å²) < 4.78 is 12.6. The summed E-state index contributed by atoms with van der Waals surface area (Å²) >= 11 is 0. The van der Waals surface area contributed by atoms with Crippen LogP contribution in [0.25, 0.3) is 0 Å². The van der Waals surface area contributed by atoms with Gasteiger partial charge >= 0.3 is 0 Å². The van der Waals surface area contributed by atoms with Gasteiger partial charge < -0.3 is 10.8 Å². The highest BCUT2D eigenvalue weighted by molar-refractivity contribution is 5.08. The molecular weight excluding hydrogens is 159 g/mol. The number of hydrogen-bond donors (Lipinski definition) is 2. The zero-order valence-electron chi connectivity index (χ0n) is 6.57. The minimum absolute atomic E-state index is 0.334. The van der Waals surface area contributed by atoms with Crippen LogP contribution >= 0.6 is 0 Å². The van der Waals surface area contributed by atoms with Crippen LogP contribution in [0.3, 0.4) is 0 Å². The highest BCUT2D eigenvalue weighted by Crippen LogP contribution is 2.13. The van der Waals surface area contributed by atoms with Crippen molar-refractivity contribution in [3.05, 3.63) is 29.8 Å². The monoisotopic (exact) mass is 170 g/mol. The topological polar surface area (TPSA) is 59.1 Å². The van der Waals surface area contributed by atoms with Gasteiger partial charge in [-0.2, -0.15) is 0 Å². The van der Waals surface area contributed by atoms with E-state index in [1.807, 2.05) is 0 Å². The summed E-state index contributed by atoms with van der Waals surface area (Å²) in [6.45, 7) is 0.360. The molecule has 0 bridgehead atoms. The summed E-state index contributed by atoms with van der Waals surface area (Å²) in [7, 11) is 0. The minimum Gasteiger partial charge on any atom is -0.387 e. The van der Waals surface area contributed by atoms with E-state index < -0.39 is 11.9 Å². The van der Waals surface area contributed by atoms with E-state index in [1.54, 1.807) is 0 Å². The van der Waals surface area contributed by atoms with Crippen LogP contribution in [0.1, 0.15) is 18.2 Å². The Bertz CT molecular complexity index is 255. The Morgan fingerprint density at radius 2 is 2.42 bits per heavy atom. The maximum Gasteiger partial charge on any atom is 0.126 e. The molecule has 1 aromatic rings. The normalized spacial score (nSPS) is 12.9. The highest BCUT2D eigenvalue weighted by Gasteiger charge is 2.07. The SMILES string of the molecule is NCC[C@H](O)c1cc(F)ccn1. The third-order valence-electron chi connectivity index (χ3n) is 1.52. The third kappa shape index (κ3) is 2.25. The van der Waals surface area contributed by atoms with Crippen molar-refractivity contribution in [2.24, 2.45) is 5.73 Å². The first-order valence-electron chi connectivity index (χ1n) is 3.73. The van der Waals surface area contributed by atoms with Crippen LogP contribution in [0.5, 0.6) is 0 Å². The number of rotatable bonds is 3. The second kappa shape index (κ2) is 4.13. The fourth-order valence-corrected chi connectivity index (χ4v) is 0.909. The average Bonchev–Trinajstić information content (AvgIpc) is 2.05. The molecule has 3 nitrogen and oxygen atoms in total. The number of aromatic nitrogens is 1. The molecule has 1 heterocycles. The summed E-state index contributed by atoms with van der Waals surface area (Å²) in [5, 5.41) is 9.34. The third-order valence-corrected chi connectivity index (χ3v) is 1.52. The molecule has 0 unspecified atom stereocenters. The van der Waals surface area contributed by atoms with Crippen molar-refractivity contribution in [2.45, 2.75) is 12.5 Å². The molecular formula is C8H11FN2O. The van der Waals surface area contributed by atoms with E-state index >= 15 is 0 Å². The van der Waals surface area contributed by atoms with Gasteiger partial charge in [-0.15, -0.1) is 0 Å². The smallest absolute Gasteiger partial charge is 0.126 e. The average molecular weight is 170 g/mol. The molecule has 0 aliphatic carbocycles. The van der Waals surface area contributed by atoms with Gasteiger partial charge in [0.1, 0.15) is 5.82 Å². The molecule has 4 heteroatoms. The summed E-state index contributed by atoms with van der Waals surface area (Å²) in [5.41, 5.74) is 5.56. The number of aliphatic hydroxyl groups excluding tert-OH is 1. The Morgan fingerprint density at radius 3 is 3.00 bits per heavy atom. The number of nitrogens with zero attached hydrogens (tertiary/aromatic N) is 1. The van der Waals surface area contributed by atoms with Gasteiger partial charge in [-0.05, 0) is 25.1 Å². The lowest BCUT2D eigenvalue weighted by Gasteiger charge is -2.07. The molecule has 12 heavy (non-hydrogen) atoms. The van der Waals surface area contributed by atoms with Crippen LogP contribution in [0, 0.1) is 5.82 Å². The fourth-order valence-electron chi connectivity index (χ4n) is 0.909. The predicted octanol–water partition coefficient (Wildman–Crippen LogP) is 0.603. The van der Waals surface area contributed by atoms with E-state index in [0.29, 0.717) is 18.7 Å². The second-order valence-electron chi connectivity index (χ2n) is 2.49. The van der Waals surface area contributed by atoms with Crippen molar-refractivity contribution in [3.8, 4) is 0 Å².